The minimum atomic E-state index is -0.00762. The second-order valence-electron chi connectivity index (χ2n) is 5.02. The Kier molecular flexibility index (Phi) is 1.39. The minimum absolute atomic E-state index is 0.00762. The lowest BCUT2D eigenvalue weighted by Crippen LogP contribution is -2.56. The molecule has 1 N–H and O–H groups in total. The van der Waals surface area contributed by atoms with E-state index in [4.69, 9.17) is 0 Å². The Morgan fingerprint density at radius 3 is 2.27 bits per heavy atom. The topological polar surface area (TPSA) is 20.2 Å². The summed E-state index contributed by atoms with van der Waals surface area (Å²) >= 11 is 0. The number of hydrogen-bond acceptors (Lipinski definition) is 1. The highest BCUT2D eigenvalue weighted by atomic mass is 16.3. The van der Waals surface area contributed by atoms with Crippen LogP contribution in [0.5, 0.6) is 0 Å². The summed E-state index contributed by atoms with van der Waals surface area (Å²) in [5, 5.41) is 9.61. The van der Waals surface area contributed by atoms with E-state index in [1.165, 1.54) is 6.42 Å². The molecule has 11 heavy (non-hydrogen) atoms. The molecule has 3 rings (SSSR count). The number of aliphatic hydroxyl groups is 1. The predicted molar refractivity (Wildman–Crippen MR) is 45.2 cm³/mol. The monoisotopic (exact) mass is 154 g/mol. The third kappa shape index (κ3) is 0.807. The molecule has 0 aromatic carbocycles. The van der Waals surface area contributed by atoms with Gasteiger partial charge >= 0.3 is 0 Å². The molecule has 0 spiro atoms. The van der Waals surface area contributed by atoms with Crippen molar-refractivity contribution in [1.29, 1.82) is 0 Å². The molecule has 64 valence electrons. The molecular formula is C10H18O. The maximum absolute atomic E-state index is 9.61. The Bertz CT molecular complexity index is 174. The molecule has 0 saturated heterocycles. The molecule has 0 aromatic rings. The molecule has 0 aromatic heterocycles. The highest BCUT2D eigenvalue weighted by molar-refractivity contribution is 5.04. The standard InChI is InChI=1S/C10H18O/c1-6-8-4-7(5-9(6)11)10(8,2)3/h6-9,11H,4-5H2,1-3H3/t6?,7-,8+,9+/m0/s1. The van der Waals surface area contributed by atoms with Gasteiger partial charge in [0, 0.05) is 0 Å². The van der Waals surface area contributed by atoms with Crippen molar-refractivity contribution < 1.29 is 5.11 Å². The van der Waals surface area contributed by atoms with E-state index >= 15 is 0 Å². The maximum atomic E-state index is 9.61. The summed E-state index contributed by atoms with van der Waals surface area (Å²) in [5.41, 5.74) is 0.526. The fourth-order valence-electron chi connectivity index (χ4n) is 3.12. The lowest BCUT2D eigenvalue weighted by molar-refractivity contribution is -0.154. The van der Waals surface area contributed by atoms with Crippen molar-refractivity contribution >= 4 is 0 Å². The van der Waals surface area contributed by atoms with Crippen LogP contribution in [0.3, 0.4) is 0 Å². The SMILES string of the molecule is CC1[C@H](O)C[C@@H]2C[C@H]1C2(C)C. The first-order chi connectivity index (χ1) is 5.03. The molecule has 0 radical (unpaired) electrons. The van der Waals surface area contributed by atoms with E-state index in [1.807, 2.05) is 0 Å². The number of hydrogen-bond donors (Lipinski definition) is 1. The zero-order valence-corrected chi connectivity index (χ0v) is 7.67. The summed E-state index contributed by atoms with van der Waals surface area (Å²) in [6, 6.07) is 0. The van der Waals surface area contributed by atoms with Crippen molar-refractivity contribution in [2.45, 2.75) is 39.7 Å². The first-order valence-electron chi connectivity index (χ1n) is 4.71. The average Bonchev–Trinajstić information content (AvgIpc) is 1.93. The van der Waals surface area contributed by atoms with Gasteiger partial charge in [0.25, 0.3) is 0 Å². The second-order valence-corrected chi connectivity index (χ2v) is 5.02. The van der Waals surface area contributed by atoms with E-state index in [1.54, 1.807) is 0 Å². The summed E-state index contributed by atoms with van der Waals surface area (Å²) in [7, 11) is 0. The Morgan fingerprint density at radius 2 is 1.91 bits per heavy atom. The van der Waals surface area contributed by atoms with Crippen LogP contribution in [0.1, 0.15) is 33.6 Å². The van der Waals surface area contributed by atoms with Crippen LogP contribution >= 0.6 is 0 Å². The zero-order valence-electron chi connectivity index (χ0n) is 7.67. The lowest BCUT2D eigenvalue weighted by atomic mass is 9.45. The fraction of sp³-hybridized carbons (Fsp3) is 1.00. The molecule has 0 heterocycles. The maximum Gasteiger partial charge on any atom is 0.0571 e. The summed E-state index contributed by atoms with van der Waals surface area (Å²) in [4.78, 5) is 0. The molecule has 1 unspecified atom stereocenters. The lowest BCUT2D eigenvalue weighted by Gasteiger charge is -2.61. The number of rotatable bonds is 0. The van der Waals surface area contributed by atoms with Gasteiger partial charge in [-0.05, 0) is 36.0 Å². The molecule has 3 aliphatic carbocycles. The van der Waals surface area contributed by atoms with Crippen molar-refractivity contribution in [2.24, 2.45) is 23.2 Å². The molecule has 4 atom stereocenters. The molecule has 3 saturated carbocycles. The zero-order chi connectivity index (χ0) is 8.22. The van der Waals surface area contributed by atoms with Gasteiger partial charge in [0.05, 0.1) is 6.10 Å². The van der Waals surface area contributed by atoms with E-state index in [0.717, 1.165) is 18.3 Å². The van der Waals surface area contributed by atoms with Crippen LogP contribution in [0.25, 0.3) is 0 Å². The largest absolute Gasteiger partial charge is 0.393 e. The normalized spacial score (nSPS) is 53.5. The quantitative estimate of drug-likeness (QED) is 0.566. The van der Waals surface area contributed by atoms with Crippen LogP contribution in [0, 0.1) is 23.2 Å². The van der Waals surface area contributed by atoms with Gasteiger partial charge in [0.15, 0.2) is 0 Å². The molecule has 0 amide bonds. The molecular weight excluding hydrogens is 136 g/mol. The van der Waals surface area contributed by atoms with Crippen LogP contribution in [-0.2, 0) is 0 Å². The van der Waals surface area contributed by atoms with Crippen molar-refractivity contribution in [3.8, 4) is 0 Å². The average molecular weight is 154 g/mol. The second kappa shape index (κ2) is 2.01. The van der Waals surface area contributed by atoms with Gasteiger partial charge in [0.2, 0.25) is 0 Å². The highest BCUT2D eigenvalue weighted by Gasteiger charge is 2.55. The van der Waals surface area contributed by atoms with Gasteiger partial charge in [-0.25, -0.2) is 0 Å². The molecule has 2 bridgehead atoms. The third-order valence-corrected chi connectivity index (χ3v) is 4.31. The van der Waals surface area contributed by atoms with Crippen molar-refractivity contribution in [2.75, 3.05) is 0 Å². The van der Waals surface area contributed by atoms with Crippen LogP contribution in [0.15, 0.2) is 0 Å². The van der Waals surface area contributed by atoms with Crippen LogP contribution in [-0.4, -0.2) is 11.2 Å². The Balaban J connectivity index is 2.17. The summed E-state index contributed by atoms with van der Waals surface area (Å²) in [5.74, 6) is 2.13. The van der Waals surface area contributed by atoms with Gasteiger partial charge in [-0.3, -0.25) is 0 Å². The van der Waals surface area contributed by atoms with E-state index in [-0.39, 0.29) is 6.10 Å². The van der Waals surface area contributed by atoms with Crippen molar-refractivity contribution in [3.63, 3.8) is 0 Å². The Morgan fingerprint density at radius 1 is 1.27 bits per heavy atom. The Hall–Kier alpha value is -0.0400. The van der Waals surface area contributed by atoms with Gasteiger partial charge < -0.3 is 5.11 Å². The van der Waals surface area contributed by atoms with Gasteiger partial charge in [-0.2, -0.15) is 0 Å². The van der Waals surface area contributed by atoms with Crippen LogP contribution in [0.2, 0.25) is 0 Å². The van der Waals surface area contributed by atoms with E-state index in [2.05, 4.69) is 20.8 Å². The molecule has 0 aliphatic heterocycles. The minimum Gasteiger partial charge on any atom is -0.393 e. The molecule has 3 fully saturated rings. The molecule has 3 aliphatic rings. The van der Waals surface area contributed by atoms with Gasteiger partial charge in [-0.1, -0.05) is 20.8 Å². The van der Waals surface area contributed by atoms with Crippen molar-refractivity contribution in [3.05, 3.63) is 0 Å². The fourth-order valence-corrected chi connectivity index (χ4v) is 3.12. The number of fused-ring (bicyclic) bond motifs is 2. The van der Waals surface area contributed by atoms with Gasteiger partial charge in [0.1, 0.15) is 0 Å². The van der Waals surface area contributed by atoms with E-state index < -0.39 is 0 Å². The van der Waals surface area contributed by atoms with Crippen LogP contribution in [0.4, 0.5) is 0 Å². The van der Waals surface area contributed by atoms with E-state index in [9.17, 15) is 5.11 Å². The Labute approximate surface area is 68.8 Å². The predicted octanol–water partition coefficient (Wildman–Crippen LogP) is 2.05. The van der Waals surface area contributed by atoms with Crippen LogP contribution < -0.4 is 0 Å². The smallest absolute Gasteiger partial charge is 0.0571 e. The first-order valence-corrected chi connectivity index (χ1v) is 4.71. The summed E-state index contributed by atoms with van der Waals surface area (Å²) in [6.45, 7) is 6.91. The summed E-state index contributed by atoms with van der Waals surface area (Å²) < 4.78 is 0. The highest BCUT2D eigenvalue weighted by Crippen LogP contribution is 2.61. The first kappa shape index (κ1) is 7.60. The van der Waals surface area contributed by atoms with Crippen molar-refractivity contribution in [1.82, 2.24) is 0 Å². The summed E-state index contributed by atoms with van der Waals surface area (Å²) in [6.07, 6.45) is 2.40. The van der Waals surface area contributed by atoms with E-state index in [0.29, 0.717) is 11.3 Å². The third-order valence-electron chi connectivity index (χ3n) is 4.31. The molecule has 1 nitrogen and oxygen atoms in total. The molecule has 1 heteroatoms. The number of aliphatic hydroxyl groups excluding tert-OH is 1. The van der Waals surface area contributed by atoms with Gasteiger partial charge in [-0.15, -0.1) is 0 Å².